The van der Waals surface area contributed by atoms with Gasteiger partial charge in [-0.1, -0.05) is 36.4 Å². The average Bonchev–Trinajstić information content (AvgIpc) is 2.78. The number of alkyl halides is 1. The molecule has 1 fully saturated rings. The molecule has 0 N–H and O–H groups in total. The Bertz CT molecular complexity index is 372. The molecule has 0 bridgehead atoms. The highest BCUT2D eigenvalue weighted by Gasteiger charge is 2.56. The first-order chi connectivity index (χ1) is 5.81. The van der Waals surface area contributed by atoms with Gasteiger partial charge in [-0.3, -0.25) is 0 Å². The number of fused-ring (bicyclic) bond motifs is 3. The first-order valence-corrected chi connectivity index (χ1v) is 5.21. The number of hydrogen-bond acceptors (Lipinski definition) is 1. The van der Waals surface area contributed by atoms with E-state index in [2.05, 4.69) is 36.4 Å². The largest absolute Gasteiger partial charge is 0.131 e. The van der Waals surface area contributed by atoms with Crippen LogP contribution in [0.1, 0.15) is 11.1 Å². The lowest BCUT2D eigenvalue weighted by Gasteiger charge is -2.13. The molecule has 2 unspecified atom stereocenters. The molecule has 0 spiro atoms. The second kappa shape index (κ2) is 2.09. The van der Waals surface area contributed by atoms with E-state index >= 15 is 0 Å². The van der Waals surface area contributed by atoms with Gasteiger partial charge >= 0.3 is 0 Å². The smallest absolute Gasteiger partial charge is 0.122 e. The minimum Gasteiger partial charge on any atom is -0.122 e. The van der Waals surface area contributed by atoms with Crippen LogP contribution in [0.2, 0.25) is 0 Å². The predicted octanol–water partition coefficient (Wildman–Crippen LogP) is 3.22. The molecular formula is C10H7ClS. The maximum absolute atomic E-state index is 6.39. The molecule has 0 amide bonds. The van der Waals surface area contributed by atoms with Crippen molar-refractivity contribution < 1.29 is 0 Å². The summed E-state index contributed by atoms with van der Waals surface area (Å²) in [4.78, 5) is 0. The number of hydrogen-bond donors (Lipinski definition) is 0. The second-order valence-corrected chi connectivity index (χ2v) is 5.34. The fourth-order valence-corrected chi connectivity index (χ4v) is 3.18. The SMILES string of the molecule is ClC12SC1C=Cc1ccccc12. The molecule has 0 saturated carbocycles. The number of rotatable bonds is 0. The molecule has 12 heavy (non-hydrogen) atoms. The molecule has 3 rings (SSSR count). The molecule has 60 valence electrons. The van der Waals surface area contributed by atoms with Gasteiger partial charge in [-0.2, -0.15) is 0 Å². The van der Waals surface area contributed by atoms with Crippen molar-refractivity contribution in [3.8, 4) is 0 Å². The van der Waals surface area contributed by atoms with Gasteiger partial charge in [0.05, 0.1) is 5.25 Å². The summed E-state index contributed by atoms with van der Waals surface area (Å²) in [6.07, 6.45) is 4.36. The zero-order valence-corrected chi connectivity index (χ0v) is 7.90. The van der Waals surface area contributed by atoms with Gasteiger partial charge in [0, 0.05) is 0 Å². The molecular weight excluding hydrogens is 188 g/mol. The van der Waals surface area contributed by atoms with Crippen molar-refractivity contribution in [3.63, 3.8) is 0 Å². The second-order valence-electron chi connectivity index (χ2n) is 3.13. The molecule has 0 radical (unpaired) electrons. The molecule has 2 atom stereocenters. The quantitative estimate of drug-likeness (QED) is 0.452. The lowest BCUT2D eigenvalue weighted by Crippen LogP contribution is -2.07. The molecule has 1 aromatic carbocycles. The van der Waals surface area contributed by atoms with Crippen LogP contribution in [0.25, 0.3) is 6.08 Å². The Morgan fingerprint density at radius 1 is 1.33 bits per heavy atom. The van der Waals surface area contributed by atoms with Crippen molar-refractivity contribution in [2.24, 2.45) is 0 Å². The lowest BCUT2D eigenvalue weighted by atomic mass is 9.97. The lowest BCUT2D eigenvalue weighted by molar-refractivity contribution is 1.00. The summed E-state index contributed by atoms with van der Waals surface area (Å²) in [5.41, 5.74) is 2.55. The van der Waals surface area contributed by atoms with Gasteiger partial charge in [0.25, 0.3) is 0 Å². The van der Waals surface area contributed by atoms with E-state index in [0.717, 1.165) is 0 Å². The summed E-state index contributed by atoms with van der Waals surface area (Å²) >= 11 is 8.21. The van der Waals surface area contributed by atoms with E-state index in [9.17, 15) is 0 Å². The Morgan fingerprint density at radius 2 is 2.17 bits per heavy atom. The van der Waals surface area contributed by atoms with Crippen LogP contribution in [0.5, 0.6) is 0 Å². The number of thioether (sulfide) groups is 1. The van der Waals surface area contributed by atoms with Gasteiger partial charge in [0.2, 0.25) is 0 Å². The van der Waals surface area contributed by atoms with Crippen LogP contribution in [0.4, 0.5) is 0 Å². The highest BCUT2D eigenvalue weighted by molar-refractivity contribution is 8.09. The fraction of sp³-hybridized carbons (Fsp3) is 0.200. The first-order valence-electron chi connectivity index (χ1n) is 3.95. The van der Waals surface area contributed by atoms with Crippen LogP contribution in [0.3, 0.4) is 0 Å². The Kier molecular flexibility index (Phi) is 1.23. The molecule has 1 heterocycles. The first kappa shape index (κ1) is 7.05. The predicted molar refractivity (Wildman–Crippen MR) is 54.4 cm³/mol. The number of benzene rings is 1. The highest BCUT2D eigenvalue weighted by Crippen LogP contribution is 2.67. The minimum atomic E-state index is -0.120. The minimum absolute atomic E-state index is 0.120. The van der Waals surface area contributed by atoms with E-state index in [1.807, 2.05) is 11.8 Å². The molecule has 1 aliphatic heterocycles. The third-order valence-corrected chi connectivity index (χ3v) is 4.55. The third-order valence-electron chi connectivity index (χ3n) is 2.39. The zero-order valence-electron chi connectivity index (χ0n) is 6.33. The van der Waals surface area contributed by atoms with Gasteiger partial charge in [0.15, 0.2) is 0 Å². The van der Waals surface area contributed by atoms with Crippen LogP contribution in [0, 0.1) is 0 Å². The van der Waals surface area contributed by atoms with Gasteiger partial charge in [-0.05, 0) is 11.1 Å². The van der Waals surface area contributed by atoms with E-state index in [1.165, 1.54) is 11.1 Å². The summed E-state index contributed by atoms with van der Waals surface area (Å²) in [7, 11) is 0. The summed E-state index contributed by atoms with van der Waals surface area (Å²) in [6, 6.07) is 8.35. The fourth-order valence-electron chi connectivity index (χ4n) is 1.67. The molecule has 0 nitrogen and oxygen atoms in total. The normalized spacial score (nSPS) is 35.6. The summed E-state index contributed by atoms with van der Waals surface area (Å²) in [5, 5.41) is 0.508. The van der Waals surface area contributed by atoms with Crippen LogP contribution in [-0.2, 0) is 4.21 Å². The third kappa shape index (κ3) is 0.758. The van der Waals surface area contributed by atoms with Gasteiger partial charge in [-0.15, -0.1) is 23.4 Å². The van der Waals surface area contributed by atoms with E-state index in [1.54, 1.807) is 0 Å². The van der Waals surface area contributed by atoms with Gasteiger partial charge in [-0.25, -0.2) is 0 Å². The molecule has 2 aliphatic rings. The highest BCUT2D eigenvalue weighted by atomic mass is 35.5. The van der Waals surface area contributed by atoms with Crippen molar-refractivity contribution in [2.45, 2.75) is 9.46 Å². The van der Waals surface area contributed by atoms with Crippen LogP contribution < -0.4 is 0 Å². The van der Waals surface area contributed by atoms with Crippen LogP contribution >= 0.6 is 23.4 Å². The average molecular weight is 195 g/mol. The Balaban J connectivity index is 2.27. The monoisotopic (exact) mass is 194 g/mol. The Hall–Kier alpha value is -0.400. The van der Waals surface area contributed by atoms with Crippen molar-refractivity contribution in [1.29, 1.82) is 0 Å². The summed E-state index contributed by atoms with van der Waals surface area (Å²) in [5.74, 6) is 0. The van der Waals surface area contributed by atoms with E-state index in [0.29, 0.717) is 5.25 Å². The van der Waals surface area contributed by atoms with Crippen molar-refractivity contribution in [1.82, 2.24) is 0 Å². The zero-order chi connectivity index (χ0) is 8.18. The molecule has 1 aromatic rings. The molecule has 2 heteroatoms. The molecule has 1 aliphatic carbocycles. The maximum atomic E-state index is 6.39. The van der Waals surface area contributed by atoms with Crippen molar-refractivity contribution >= 4 is 29.4 Å². The van der Waals surface area contributed by atoms with Crippen LogP contribution in [0.15, 0.2) is 30.3 Å². The van der Waals surface area contributed by atoms with E-state index < -0.39 is 0 Å². The maximum Gasteiger partial charge on any atom is 0.131 e. The van der Waals surface area contributed by atoms with Crippen molar-refractivity contribution in [3.05, 3.63) is 41.5 Å². The van der Waals surface area contributed by atoms with E-state index in [-0.39, 0.29) is 4.21 Å². The Labute approximate surface area is 80.6 Å². The Morgan fingerprint density at radius 3 is 3.08 bits per heavy atom. The molecule has 1 saturated heterocycles. The molecule has 0 aromatic heterocycles. The summed E-state index contributed by atoms with van der Waals surface area (Å²) in [6.45, 7) is 0. The van der Waals surface area contributed by atoms with Gasteiger partial charge < -0.3 is 0 Å². The van der Waals surface area contributed by atoms with Crippen LogP contribution in [-0.4, -0.2) is 5.25 Å². The van der Waals surface area contributed by atoms with Crippen molar-refractivity contribution in [2.75, 3.05) is 0 Å². The number of halogens is 1. The standard InChI is InChI=1S/C10H7ClS/c11-10-8-4-2-1-3-7(8)5-6-9(10)12-10/h1-6,9H. The topological polar surface area (TPSA) is 0 Å². The summed E-state index contributed by atoms with van der Waals surface area (Å²) < 4.78 is -0.120. The van der Waals surface area contributed by atoms with E-state index in [4.69, 9.17) is 11.6 Å². The van der Waals surface area contributed by atoms with Gasteiger partial charge in [0.1, 0.15) is 4.21 Å².